The van der Waals surface area contributed by atoms with Crippen molar-refractivity contribution in [3.05, 3.63) is 23.8 Å². The van der Waals surface area contributed by atoms with Gasteiger partial charge in [0.25, 0.3) is 0 Å². The van der Waals surface area contributed by atoms with Crippen LogP contribution in [0.15, 0.2) is 18.2 Å². The van der Waals surface area contributed by atoms with Crippen molar-refractivity contribution in [2.45, 2.75) is 58.4 Å². The van der Waals surface area contributed by atoms with Crippen LogP contribution < -0.4 is 10.5 Å². The molecule has 0 aliphatic carbocycles. The van der Waals surface area contributed by atoms with Crippen molar-refractivity contribution in [1.82, 2.24) is 4.90 Å². The maximum absolute atomic E-state index is 6.09. The maximum atomic E-state index is 6.09. The standard InChI is InChI=1S/C18H30N2O/c1-3-13-21-18-9-8-15(14-17(18)19)10-12-20-11-6-5-7-16(20)4-2/h8-9,14,16H,3-7,10-13,19H2,1-2H3. The predicted octanol–water partition coefficient (Wildman–Crippen LogP) is 3.86. The van der Waals surface area contributed by atoms with E-state index in [2.05, 4.69) is 30.9 Å². The zero-order chi connectivity index (χ0) is 15.1. The molecule has 0 saturated carbocycles. The summed E-state index contributed by atoms with van der Waals surface area (Å²) in [4.78, 5) is 2.65. The van der Waals surface area contributed by atoms with Gasteiger partial charge in [0.15, 0.2) is 0 Å². The molecule has 2 rings (SSSR count). The number of benzene rings is 1. The van der Waals surface area contributed by atoms with E-state index in [9.17, 15) is 0 Å². The number of piperidine rings is 1. The minimum atomic E-state index is 0.732. The van der Waals surface area contributed by atoms with Crippen LogP contribution in [-0.4, -0.2) is 30.6 Å². The summed E-state index contributed by atoms with van der Waals surface area (Å²) in [6.07, 6.45) is 7.46. The van der Waals surface area contributed by atoms with Gasteiger partial charge < -0.3 is 15.4 Å². The first-order chi connectivity index (χ1) is 10.2. The highest BCUT2D eigenvalue weighted by Gasteiger charge is 2.20. The molecule has 0 bridgehead atoms. The Morgan fingerprint density at radius 2 is 2.14 bits per heavy atom. The number of ether oxygens (including phenoxy) is 1. The smallest absolute Gasteiger partial charge is 0.142 e. The van der Waals surface area contributed by atoms with E-state index in [1.165, 1.54) is 37.8 Å². The number of nitrogens with zero attached hydrogens (tertiary/aromatic N) is 1. The molecule has 1 aromatic rings. The van der Waals surface area contributed by atoms with Crippen LogP contribution in [0, 0.1) is 0 Å². The zero-order valence-electron chi connectivity index (χ0n) is 13.6. The summed E-state index contributed by atoms with van der Waals surface area (Å²) in [6, 6.07) is 7.04. The summed E-state index contributed by atoms with van der Waals surface area (Å²) in [5.74, 6) is 0.824. The Balaban J connectivity index is 1.89. The van der Waals surface area contributed by atoms with Crippen LogP contribution in [0.4, 0.5) is 5.69 Å². The topological polar surface area (TPSA) is 38.5 Å². The molecule has 0 radical (unpaired) electrons. The number of likely N-dealkylation sites (tertiary alicyclic amines) is 1. The van der Waals surface area contributed by atoms with E-state index in [4.69, 9.17) is 10.5 Å². The number of anilines is 1. The van der Waals surface area contributed by atoms with Gasteiger partial charge in [0.2, 0.25) is 0 Å². The Morgan fingerprint density at radius 3 is 2.86 bits per heavy atom. The lowest BCUT2D eigenvalue weighted by Gasteiger charge is -2.35. The summed E-state index contributed by atoms with van der Waals surface area (Å²) < 4.78 is 5.63. The molecule has 118 valence electrons. The lowest BCUT2D eigenvalue weighted by molar-refractivity contribution is 0.146. The molecule has 0 amide bonds. The van der Waals surface area contributed by atoms with E-state index in [-0.39, 0.29) is 0 Å². The molecule has 0 aromatic heterocycles. The van der Waals surface area contributed by atoms with Gasteiger partial charge in [0, 0.05) is 12.6 Å². The van der Waals surface area contributed by atoms with E-state index in [0.29, 0.717) is 0 Å². The molecule has 0 spiro atoms. The lowest BCUT2D eigenvalue weighted by atomic mass is 9.99. The van der Waals surface area contributed by atoms with Crippen molar-refractivity contribution in [3.8, 4) is 5.75 Å². The van der Waals surface area contributed by atoms with E-state index < -0.39 is 0 Å². The van der Waals surface area contributed by atoms with E-state index >= 15 is 0 Å². The van der Waals surface area contributed by atoms with Gasteiger partial charge in [-0.2, -0.15) is 0 Å². The van der Waals surface area contributed by atoms with Crippen molar-refractivity contribution in [1.29, 1.82) is 0 Å². The van der Waals surface area contributed by atoms with Crippen LogP contribution in [-0.2, 0) is 6.42 Å². The minimum absolute atomic E-state index is 0.732. The monoisotopic (exact) mass is 290 g/mol. The molecule has 3 heteroatoms. The summed E-state index contributed by atoms with van der Waals surface area (Å²) >= 11 is 0. The second-order valence-electron chi connectivity index (χ2n) is 6.06. The highest BCUT2D eigenvalue weighted by molar-refractivity contribution is 5.54. The highest BCUT2D eigenvalue weighted by Crippen LogP contribution is 2.24. The fourth-order valence-electron chi connectivity index (χ4n) is 3.19. The van der Waals surface area contributed by atoms with Crippen LogP contribution in [0.3, 0.4) is 0 Å². The Labute approximate surface area is 129 Å². The van der Waals surface area contributed by atoms with Crippen LogP contribution >= 0.6 is 0 Å². The second kappa shape index (κ2) is 8.28. The van der Waals surface area contributed by atoms with Gasteiger partial charge in [-0.25, -0.2) is 0 Å². The molecule has 1 saturated heterocycles. The van der Waals surface area contributed by atoms with Gasteiger partial charge in [-0.05, 0) is 56.3 Å². The Kier molecular flexibility index (Phi) is 6.37. The lowest BCUT2D eigenvalue weighted by Crippen LogP contribution is -2.40. The largest absolute Gasteiger partial charge is 0.491 e. The van der Waals surface area contributed by atoms with Crippen molar-refractivity contribution < 1.29 is 4.74 Å². The summed E-state index contributed by atoms with van der Waals surface area (Å²) in [7, 11) is 0. The quantitative estimate of drug-likeness (QED) is 0.775. The van der Waals surface area contributed by atoms with Crippen LogP contribution in [0.2, 0.25) is 0 Å². The molecule has 1 aromatic carbocycles. The maximum Gasteiger partial charge on any atom is 0.142 e. The molecule has 2 N–H and O–H groups in total. The number of rotatable bonds is 7. The minimum Gasteiger partial charge on any atom is -0.491 e. The van der Waals surface area contributed by atoms with Gasteiger partial charge in [0.05, 0.1) is 12.3 Å². The first-order valence-corrected chi connectivity index (χ1v) is 8.49. The Hall–Kier alpha value is -1.22. The first-order valence-electron chi connectivity index (χ1n) is 8.49. The molecule has 3 nitrogen and oxygen atoms in total. The molecule has 21 heavy (non-hydrogen) atoms. The van der Waals surface area contributed by atoms with Gasteiger partial charge in [-0.3, -0.25) is 0 Å². The fraction of sp³-hybridized carbons (Fsp3) is 0.667. The molecule has 1 fully saturated rings. The van der Waals surface area contributed by atoms with Crippen LogP contribution in [0.5, 0.6) is 5.75 Å². The predicted molar refractivity (Wildman–Crippen MR) is 89.8 cm³/mol. The number of nitrogen functional groups attached to an aromatic ring is 1. The zero-order valence-corrected chi connectivity index (χ0v) is 13.6. The normalized spacial score (nSPS) is 19.6. The van der Waals surface area contributed by atoms with Gasteiger partial charge >= 0.3 is 0 Å². The Bertz CT molecular complexity index is 433. The molecule has 1 unspecified atom stereocenters. The molecular weight excluding hydrogens is 260 g/mol. The fourth-order valence-corrected chi connectivity index (χ4v) is 3.19. The molecule has 1 heterocycles. The third kappa shape index (κ3) is 4.63. The third-order valence-electron chi connectivity index (χ3n) is 4.44. The first kappa shape index (κ1) is 16.2. The van der Waals surface area contributed by atoms with Gasteiger partial charge in [-0.15, -0.1) is 0 Å². The molecule has 1 aliphatic rings. The molecule has 1 aliphatic heterocycles. The highest BCUT2D eigenvalue weighted by atomic mass is 16.5. The van der Waals surface area contributed by atoms with Crippen molar-refractivity contribution >= 4 is 5.69 Å². The molecule has 1 atom stereocenters. The van der Waals surface area contributed by atoms with Crippen molar-refractivity contribution in [3.63, 3.8) is 0 Å². The van der Waals surface area contributed by atoms with Crippen LogP contribution in [0.25, 0.3) is 0 Å². The van der Waals surface area contributed by atoms with E-state index in [1.54, 1.807) is 0 Å². The van der Waals surface area contributed by atoms with E-state index in [0.717, 1.165) is 43.5 Å². The summed E-state index contributed by atoms with van der Waals surface area (Å²) in [5.41, 5.74) is 8.17. The van der Waals surface area contributed by atoms with E-state index in [1.807, 2.05) is 6.07 Å². The average Bonchev–Trinajstić information content (AvgIpc) is 2.52. The van der Waals surface area contributed by atoms with Gasteiger partial charge in [0.1, 0.15) is 5.75 Å². The number of nitrogens with two attached hydrogens (primary N) is 1. The number of hydrogen-bond acceptors (Lipinski definition) is 3. The van der Waals surface area contributed by atoms with Crippen LogP contribution in [0.1, 0.15) is 51.5 Å². The average molecular weight is 290 g/mol. The second-order valence-corrected chi connectivity index (χ2v) is 6.06. The molecular formula is C18H30N2O. The Morgan fingerprint density at radius 1 is 1.29 bits per heavy atom. The van der Waals surface area contributed by atoms with Crippen molar-refractivity contribution in [2.24, 2.45) is 0 Å². The summed E-state index contributed by atoms with van der Waals surface area (Å²) in [6.45, 7) is 7.54. The van der Waals surface area contributed by atoms with Crippen molar-refractivity contribution in [2.75, 3.05) is 25.4 Å². The SMILES string of the molecule is CCCOc1ccc(CCN2CCCCC2CC)cc1N. The number of hydrogen-bond donors (Lipinski definition) is 1. The summed E-state index contributed by atoms with van der Waals surface area (Å²) in [5, 5.41) is 0. The van der Waals surface area contributed by atoms with Gasteiger partial charge in [-0.1, -0.05) is 26.3 Å². The third-order valence-corrected chi connectivity index (χ3v) is 4.44.